The Kier molecular flexibility index (Phi) is 6.81. The molecule has 1 amide bonds. The average Bonchev–Trinajstić information content (AvgIpc) is 1.87. The highest BCUT2D eigenvalue weighted by Crippen LogP contribution is 2.04. The Labute approximate surface area is 66.6 Å². The third kappa shape index (κ3) is 7.82. The lowest BCUT2D eigenvalue weighted by Crippen LogP contribution is -2.13. The first kappa shape index (κ1) is 9.82. The molecular formula is C7H15NOS. The highest BCUT2D eigenvalue weighted by Gasteiger charge is 1.92. The molecule has 0 atom stereocenters. The van der Waals surface area contributed by atoms with Crippen molar-refractivity contribution in [3.8, 4) is 0 Å². The van der Waals surface area contributed by atoms with Gasteiger partial charge in [-0.3, -0.25) is 4.79 Å². The largest absolute Gasteiger partial charge is 0.369 e. The predicted octanol–water partition coefficient (Wildman–Crippen LogP) is 1.40. The molecule has 0 unspecified atom stereocenters. The third-order valence-electron chi connectivity index (χ3n) is 1.14. The first-order valence-corrected chi connectivity index (χ1v) is 4.79. The Balaban J connectivity index is 2.84. The van der Waals surface area contributed by atoms with E-state index >= 15 is 0 Å². The Morgan fingerprint density at radius 1 is 1.50 bits per heavy atom. The van der Waals surface area contributed by atoms with Crippen LogP contribution >= 0.6 is 11.8 Å². The van der Waals surface area contributed by atoms with Crippen LogP contribution in [-0.2, 0) is 4.79 Å². The van der Waals surface area contributed by atoms with Crippen molar-refractivity contribution in [3.05, 3.63) is 0 Å². The Hall–Kier alpha value is -0.180. The number of primary amides is 1. The summed E-state index contributed by atoms with van der Waals surface area (Å²) in [4.78, 5) is 10.2. The topological polar surface area (TPSA) is 43.1 Å². The second kappa shape index (κ2) is 6.93. The summed E-state index contributed by atoms with van der Waals surface area (Å²) < 4.78 is 0. The molecule has 0 aromatic heterocycles. The molecule has 3 heteroatoms. The van der Waals surface area contributed by atoms with Crippen LogP contribution in [0, 0.1) is 0 Å². The van der Waals surface area contributed by atoms with E-state index in [9.17, 15) is 4.79 Å². The van der Waals surface area contributed by atoms with E-state index in [1.165, 1.54) is 19.3 Å². The van der Waals surface area contributed by atoms with Crippen LogP contribution in [0.25, 0.3) is 0 Å². The molecule has 0 spiro atoms. The highest BCUT2D eigenvalue weighted by molar-refractivity contribution is 7.99. The summed E-state index contributed by atoms with van der Waals surface area (Å²) in [7, 11) is 0. The van der Waals surface area contributed by atoms with Crippen molar-refractivity contribution in [2.75, 3.05) is 11.5 Å². The molecule has 0 rings (SSSR count). The highest BCUT2D eigenvalue weighted by atomic mass is 32.2. The van der Waals surface area contributed by atoms with E-state index in [1.54, 1.807) is 11.8 Å². The molecule has 0 radical (unpaired) electrons. The summed E-state index contributed by atoms with van der Waals surface area (Å²) in [6, 6.07) is 0. The van der Waals surface area contributed by atoms with Gasteiger partial charge in [0.15, 0.2) is 0 Å². The van der Waals surface area contributed by atoms with Gasteiger partial charge in [-0.05, 0) is 12.2 Å². The first-order chi connectivity index (χ1) is 4.77. The maximum Gasteiger partial charge on any atom is 0.227 e. The molecule has 0 aromatic carbocycles. The number of hydrogen-bond donors (Lipinski definition) is 1. The molecule has 2 N–H and O–H groups in total. The quantitative estimate of drug-likeness (QED) is 0.598. The number of amides is 1. The van der Waals surface area contributed by atoms with Gasteiger partial charge in [0.25, 0.3) is 0 Å². The van der Waals surface area contributed by atoms with Crippen molar-refractivity contribution in [2.24, 2.45) is 5.73 Å². The summed E-state index contributed by atoms with van der Waals surface area (Å²) in [5, 5.41) is 0. The minimum absolute atomic E-state index is 0.207. The van der Waals surface area contributed by atoms with E-state index in [0.29, 0.717) is 5.75 Å². The van der Waals surface area contributed by atoms with E-state index in [4.69, 9.17) is 5.73 Å². The minimum Gasteiger partial charge on any atom is -0.369 e. The molecule has 10 heavy (non-hydrogen) atoms. The fourth-order valence-electron chi connectivity index (χ4n) is 0.627. The summed E-state index contributed by atoms with van der Waals surface area (Å²) in [5.41, 5.74) is 4.95. The van der Waals surface area contributed by atoms with Crippen LogP contribution in [0.2, 0.25) is 0 Å². The summed E-state index contributed by atoms with van der Waals surface area (Å²) >= 11 is 1.63. The van der Waals surface area contributed by atoms with Crippen molar-refractivity contribution >= 4 is 17.7 Å². The maximum atomic E-state index is 10.2. The van der Waals surface area contributed by atoms with Crippen LogP contribution in [0.3, 0.4) is 0 Å². The van der Waals surface area contributed by atoms with Gasteiger partial charge in [-0.15, -0.1) is 0 Å². The van der Waals surface area contributed by atoms with Crippen molar-refractivity contribution in [2.45, 2.75) is 26.2 Å². The van der Waals surface area contributed by atoms with Crippen LogP contribution in [0.1, 0.15) is 26.2 Å². The molecule has 0 heterocycles. The first-order valence-electron chi connectivity index (χ1n) is 3.63. The lowest BCUT2D eigenvalue weighted by molar-refractivity contribution is -0.115. The predicted molar refractivity (Wildman–Crippen MR) is 46.0 cm³/mol. The van der Waals surface area contributed by atoms with Gasteiger partial charge in [-0.2, -0.15) is 11.8 Å². The molecular weight excluding hydrogens is 146 g/mol. The van der Waals surface area contributed by atoms with Crippen LogP contribution in [0.5, 0.6) is 0 Å². The van der Waals surface area contributed by atoms with E-state index in [-0.39, 0.29) is 5.91 Å². The molecule has 0 aliphatic heterocycles. The summed E-state index contributed by atoms with van der Waals surface area (Å²) in [6.45, 7) is 2.17. The average molecular weight is 161 g/mol. The summed E-state index contributed by atoms with van der Waals surface area (Å²) in [5.74, 6) is 1.34. The molecule has 0 saturated heterocycles. The number of unbranched alkanes of at least 4 members (excludes halogenated alkanes) is 2. The standard InChI is InChI=1S/C7H15NOS/c1-2-3-4-5-10-6-7(8)9/h2-6H2,1H3,(H2,8,9). The molecule has 0 bridgehead atoms. The van der Waals surface area contributed by atoms with Gasteiger partial charge < -0.3 is 5.73 Å². The Bertz CT molecular complexity index is 95.6. The fourth-order valence-corrected chi connectivity index (χ4v) is 1.38. The van der Waals surface area contributed by atoms with Crippen LogP contribution in [0.15, 0.2) is 0 Å². The Morgan fingerprint density at radius 2 is 2.20 bits per heavy atom. The number of nitrogens with two attached hydrogens (primary N) is 1. The van der Waals surface area contributed by atoms with E-state index < -0.39 is 0 Å². The van der Waals surface area contributed by atoms with Crippen LogP contribution < -0.4 is 5.73 Å². The second-order valence-corrected chi connectivity index (χ2v) is 3.33. The number of carbonyl (C=O) groups is 1. The van der Waals surface area contributed by atoms with Gasteiger partial charge in [-0.25, -0.2) is 0 Å². The normalized spacial score (nSPS) is 9.70. The lowest BCUT2D eigenvalue weighted by atomic mass is 10.3. The van der Waals surface area contributed by atoms with Crippen molar-refractivity contribution < 1.29 is 4.79 Å². The van der Waals surface area contributed by atoms with Crippen molar-refractivity contribution in [1.82, 2.24) is 0 Å². The smallest absolute Gasteiger partial charge is 0.227 e. The molecule has 0 aromatic rings. The minimum atomic E-state index is -0.207. The van der Waals surface area contributed by atoms with Gasteiger partial charge in [0.1, 0.15) is 0 Å². The zero-order valence-electron chi connectivity index (χ0n) is 6.43. The summed E-state index contributed by atoms with van der Waals surface area (Å²) in [6.07, 6.45) is 3.69. The van der Waals surface area contributed by atoms with Gasteiger partial charge in [0.05, 0.1) is 5.75 Å². The lowest BCUT2D eigenvalue weighted by Gasteiger charge is -1.96. The third-order valence-corrected chi connectivity index (χ3v) is 2.20. The number of hydrogen-bond acceptors (Lipinski definition) is 2. The fraction of sp³-hybridized carbons (Fsp3) is 0.857. The second-order valence-electron chi connectivity index (χ2n) is 2.23. The van der Waals surface area contributed by atoms with Crippen LogP contribution in [-0.4, -0.2) is 17.4 Å². The molecule has 0 fully saturated rings. The van der Waals surface area contributed by atoms with E-state index in [1.807, 2.05) is 0 Å². The van der Waals surface area contributed by atoms with E-state index in [0.717, 1.165) is 5.75 Å². The van der Waals surface area contributed by atoms with Gasteiger partial charge in [0.2, 0.25) is 5.91 Å². The monoisotopic (exact) mass is 161 g/mol. The molecule has 0 aliphatic rings. The zero-order valence-corrected chi connectivity index (χ0v) is 7.25. The van der Waals surface area contributed by atoms with Gasteiger partial charge >= 0.3 is 0 Å². The van der Waals surface area contributed by atoms with Gasteiger partial charge in [0, 0.05) is 0 Å². The van der Waals surface area contributed by atoms with Crippen LogP contribution in [0.4, 0.5) is 0 Å². The maximum absolute atomic E-state index is 10.2. The molecule has 0 saturated carbocycles. The Morgan fingerprint density at radius 3 is 2.70 bits per heavy atom. The molecule has 0 aliphatic carbocycles. The zero-order chi connectivity index (χ0) is 7.82. The van der Waals surface area contributed by atoms with Crippen molar-refractivity contribution in [1.29, 1.82) is 0 Å². The molecule has 60 valence electrons. The number of thioether (sulfide) groups is 1. The number of rotatable bonds is 6. The molecule has 2 nitrogen and oxygen atoms in total. The SMILES string of the molecule is CCCCCSCC(N)=O. The van der Waals surface area contributed by atoms with E-state index in [2.05, 4.69) is 6.92 Å². The van der Waals surface area contributed by atoms with Gasteiger partial charge in [-0.1, -0.05) is 19.8 Å². The van der Waals surface area contributed by atoms with Crippen molar-refractivity contribution in [3.63, 3.8) is 0 Å². The number of carbonyl (C=O) groups excluding carboxylic acids is 1.